The number of pyridine rings is 1. The van der Waals surface area contributed by atoms with E-state index < -0.39 is 5.82 Å². The molecule has 0 N–H and O–H groups in total. The number of hydrogen-bond acceptors (Lipinski definition) is 5. The maximum atomic E-state index is 14.4. The van der Waals surface area contributed by atoms with Gasteiger partial charge >= 0.3 is 0 Å². The number of morpholine rings is 1. The third-order valence-corrected chi connectivity index (χ3v) is 4.06. The first-order chi connectivity index (χ1) is 12.7. The largest absolute Gasteiger partial charge is 0.492 e. The summed E-state index contributed by atoms with van der Waals surface area (Å²) >= 11 is 0. The molecule has 0 unspecified atom stereocenters. The summed E-state index contributed by atoms with van der Waals surface area (Å²) in [5.74, 6) is 0.00945. The molecule has 0 spiro atoms. The van der Waals surface area contributed by atoms with Crippen LogP contribution in [0.5, 0.6) is 5.75 Å². The van der Waals surface area contributed by atoms with Gasteiger partial charge < -0.3 is 14.4 Å². The number of ketones is 1. The van der Waals surface area contributed by atoms with Crippen molar-refractivity contribution in [1.29, 1.82) is 0 Å². The number of ether oxygens (including phenoxy) is 2. The average Bonchev–Trinajstić information content (AvgIpc) is 2.68. The van der Waals surface area contributed by atoms with Crippen LogP contribution in [0.3, 0.4) is 0 Å². The molecule has 1 aliphatic heterocycles. The van der Waals surface area contributed by atoms with Crippen LogP contribution in [0.1, 0.15) is 23.0 Å². The molecule has 1 aromatic heterocycles. The van der Waals surface area contributed by atoms with Crippen molar-refractivity contribution < 1.29 is 18.7 Å². The lowest BCUT2D eigenvalue weighted by molar-refractivity contribution is 0.104. The molecule has 26 heavy (non-hydrogen) atoms. The van der Waals surface area contributed by atoms with Crippen LogP contribution in [-0.4, -0.2) is 43.7 Å². The Kier molecular flexibility index (Phi) is 5.96. The van der Waals surface area contributed by atoms with Crippen LogP contribution in [0, 0.1) is 5.82 Å². The van der Waals surface area contributed by atoms with Crippen LogP contribution < -0.4 is 9.64 Å². The van der Waals surface area contributed by atoms with Crippen LogP contribution in [0.2, 0.25) is 0 Å². The van der Waals surface area contributed by atoms with Gasteiger partial charge in [0, 0.05) is 18.7 Å². The van der Waals surface area contributed by atoms with Crippen molar-refractivity contribution in [3.63, 3.8) is 0 Å². The smallest absolute Gasteiger partial charge is 0.186 e. The molecule has 0 atom stereocenters. The SMILES string of the molecule is CCOc1ccc(C=CC(=O)c2ccc(N3CCOCC3)c(F)c2)nc1. The summed E-state index contributed by atoms with van der Waals surface area (Å²) in [6, 6.07) is 8.13. The van der Waals surface area contributed by atoms with E-state index in [1.165, 1.54) is 12.1 Å². The van der Waals surface area contributed by atoms with Gasteiger partial charge in [-0.3, -0.25) is 9.78 Å². The lowest BCUT2D eigenvalue weighted by Gasteiger charge is -2.29. The summed E-state index contributed by atoms with van der Waals surface area (Å²) in [4.78, 5) is 18.4. The van der Waals surface area contributed by atoms with Gasteiger partial charge in [0.2, 0.25) is 0 Å². The molecule has 1 aliphatic rings. The third kappa shape index (κ3) is 4.46. The number of carbonyl (C=O) groups is 1. The van der Waals surface area contributed by atoms with Crippen molar-refractivity contribution in [1.82, 2.24) is 4.98 Å². The first-order valence-electron chi connectivity index (χ1n) is 8.61. The van der Waals surface area contributed by atoms with E-state index in [1.807, 2.05) is 11.8 Å². The molecule has 1 aromatic carbocycles. The Morgan fingerprint density at radius 3 is 2.77 bits per heavy atom. The van der Waals surface area contributed by atoms with Gasteiger partial charge in [-0.2, -0.15) is 0 Å². The fourth-order valence-electron chi connectivity index (χ4n) is 2.72. The van der Waals surface area contributed by atoms with Crippen molar-refractivity contribution in [2.45, 2.75) is 6.92 Å². The number of halogens is 1. The molecule has 0 radical (unpaired) electrons. The van der Waals surface area contributed by atoms with Crippen LogP contribution in [0.15, 0.2) is 42.6 Å². The number of anilines is 1. The number of aromatic nitrogens is 1. The molecule has 2 aromatic rings. The molecule has 0 aliphatic carbocycles. The second kappa shape index (κ2) is 8.58. The predicted molar refractivity (Wildman–Crippen MR) is 98.2 cm³/mol. The normalized spacial score (nSPS) is 14.6. The molecule has 5 nitrogen and oxygen atoms in total. The van der Waals surface area contributed by atoms with Gasteiger partial charge in [0.1, 0.15) is 11.6 Å². The Morgan fingerprint density at radius 2 is 2.12 bits per heavy atom. The number of carbonyl (C=O) groups excluding carboxylic acids is 1. The summed E-state index contributed by atoms with van der Waals surface area (Å²) < 4.78 is 25.0. The third-order valence-electron chi connectivity index (χ3n) is 4.06. The summed E-state index contributed by atoms with van der Waals surface area (Å²) in [6.45, 7) is 4.92. The zero-order valence-electron chi connectivity index (χ0n) is 14.7. The fourth-order valence-corrected chi connectivity index (χ4v) is 2.72. The average molecular weight is 356 g/mol. The summed E-state index contributed by atoms with van der Waals surface area (Å²) in [5, 5.41) is 0. The van der Waals surface area contributed by atoms with E-state index in [0.717, 1.165) is 0 Å². The van der Waals surface area contributed by atoms with E-state index in [9.17, 15) is 9.18 Å². The molecule has 6 heteroatoms. The number of allylic oxidation sites excluding steroid dienone is 1. The van der Waals surface area contributed by atoms with Crippen LogP contribution in [0.25, 0.3) is 6.08 Å². The van der Waals surface area contributed by atoms with E-state index in [1.54, 1.807) is 36.5 Å². The Labute approximate surface area is 152 Å². The summed E-state index contributed by atoms with van der Waals surface area (Å²) in [7, 11) is 0. The highest BCUT2D eigenvalue weighted by Crippen LogP contribution is 2.22. The number of nitrogens with zero attached hydrogens (tertiary/aromatic N) is 2. The maximum absolute atomic E-state index is 14.4. The molecule has 0 bridgehead atoms. The Balaban J connectivity index is 1.68. The quantitative estimate of drug-likeness (QED) is 0.587. The minimum atomic E-state index is -0.398. The molecule has 1 fully saturated rings. The Morgan fingerprint density at radius 1 is 1.31 bits per heavy atom. The zero-order chi connectivity index (χ0) is 18.4. The van der Waals surface area contributed by atoms with E-state index in [-0.39, 0.29) is 5.78 Å². The highest BCUT2D eigenvalue weighted by molar-refractivity contribution is 6.06. The van der Waals surface area contributed by atoms with Gasteiger partial charge in [-0.15, -0.1) is 0 Å². The second-order valence-corrected chi connectivity index (χ2v) is 5.81. The first kappa shape index (κ1) is 18.1. The number of benzene rings is 1. The maximum Gasteiger partial charge on any atom is 0.186 e. The van der Waals surface area contributed by atoms with Gasteiger partial charge in [0.05, 0.1) is 37.4 Å². The monoisotopic (exact) mass is 356 g/mol. The Hall–Kier alpha value is -2.73. The van der Waals surface area contributed by atoms with Gasteiger partial charge in [-0.25, -0.2) is 4.39 Å². The van der Waals surface area contributed by atoms with Crippen molar-refractivity contribution in [3.8, 4) is 5.75 Å². The number of rotatable bonds is 6. The van der Waals surface area contributed by atoms with Crippen molar-refractivity contribution in [2.75, 3.05) is 37.8 Å². The summed E-state index contributed by atoms with van der Waals surface area (Å²) in [6.07, 6.45) is 4.60. The van der Waals surface area contributed by atoms with E-state index in [4.69, 9.17) is 9.47 Å². The van der Waals surface area contributed by atoms with Crippen LogP contribution >= 0.6 is 0 Å². The molecule has 1 saturated heterocycles. The molecule has 0 saturated carbocycles. The topological polar surface area (TPSA) is 51.7 Å². The molecule has 2 heterocycles. The van der Waals surface area contributed by atoms with Gasteiger partial charge in [-0.1, -0.05) is 0 Å². The molecular formula is C20H21FN2O3. The minimum Gasteiger partial charge on any atom is -0.492 e. The minimum absolute atomic E-state index is 0.270. The van der Waals surface area contributed by atoms with E-state index >= 15 is 0 Å². The molecular weight excluding hydrogens is 335 g/mol. The number of hydrogen-bond donors (Lipinski definition) is 0. The summed E-state index contributed by atoms with van der Waals surface area (Å²) in [5.41, 5.74) is 1.44. The van der Waals surface area contributed by atoms with E-state index in [0.29, 0.717) is 55.6 Å². The fraction of sp³-hybridized carbons (Fsp3) is 0.300. The first-order valence-corrected chi connectivity index (χ1v) is 8.61. The van der Waals surface area contributed by atoms with Crippen molar-refractivity contribution in [3.05, 3.63) is 59.7 Å². The van der Waals surface area contributed by atoms with Gasteiger partial charge in [-0.05, 0) is 49.4 Å². The standard InChI is InChI=1S/C20H21FN2O3/c1-2-26-17-6-4-16(22-14-17)5-8-20(24)15-3-7-19(18(21)13-15)23-9-11-25-12-10-23/h3-8,13-14H,2,9-12H2,1H3. The predicted octanol–water partition coefficient (Wildman–Crippen LogP) is 3.35. The lowest BCUT2D eigenvalue weighted by atomic mass is 10.1. The molecule has 3 rings (SSSR count). The van der Waals surface area contributed by atoms with Crippen molar-refractivity contribution >= 4 is 17.5 Å². The van der Waals surface area contributed by atoms with Crippen LogP contribution in [0.4, 0.5) is 10.1 Å². The van der Waals surface area contributed by atoms with Crippen LogP contribution in [-0.2, 0) is 4.74 Å². The lowest BCUT2D eigenvalue weighted by Crippen LogP contribution is -2.36. The van der Waals surface area contributed by atoms with Gasteiger partial charge in [0.15, 0.2) is 5.78 Å². The molecule has 0 amide bonds. The highest BCUT2D eigenvalue weighted by Gasteiger charge is 2.16. The molecule has 136 valence electrons. The van der Waals surface area contributed by atoms with Crippen molar-refractivity contribution in [2.24, 2.45) is 0 Å². The van der Waals surface area contributed by atoms with E-state index in [2.05, 4.69) is 4.98 Å². The zero-order valence-corrected chi connectivity index (χ0v) is 14.7. The van der Waals surface area contributed by atoms with Gasteiger partial charge in [0.25, 0.3) is 0 Å². The highest BCUT2D eigenvalue weighted by atomic mass is 19.1. The Bertz CT molecular complexity index is 784. The second-order valence-electron chi connectivity index (χ2n) is 5.81.